The molecule has 16 heavy (non-hydrogen) atoms. The van der Waals surface area contributed by atoms with E-state index in [1.165, 1.54) is 0 Å². The SMILES string of the molecule is Cc1[nH]ncc1CN[C@@H]1CCCCNC1=O. The van der Waals surface area contributed by atoms with Crippen molar-refractivity contribution < 1.29 is 4.79 Å². The topological polar surface area (TPSA) is 69.8 Å². The van der Waals surface area contributed by atoms with Crippen LogP contribution in [-0.4, -0.2) is 28.7 Å². The molecule has 0 saturated carbocycles. The number of amides is 1. The molecule has 2 rings (SSSR count). The summed E-state index contributed by atoms with van der Waals surface area (Å²) in [5.74, 6) is 0.124. The van der Waals surface area contributed by atoms with Crippen LogP contribution < -0.4 is 10.6 Å². The highest BCUT2D eigenvalue weighted by Crippen LogP contribution is 2.07. The molecule has 5 nitrogen and oxygen atoms in total. The maximum Gasteiger partial charge on any atom is 0.237 e. The van der Waals surface area contributed by atoms with Crippen molar-refractivity contribution in [3.05, 3.63) is 17.5 Å². The van der Waals surface area contributed by atoms with E-state index in [2.05, 4.69) is 20.8 Å². The minimum atomic E-state index is -0.0585. The van der Waals surface area contributed by atoms with Crippen LogP contribution in [0.3, 0.4) is 0 Å². The molecule has 2 heterocycles. The van der Waals surface area contributed by atoms with Gasteiger partial charge in [-0.05, 0) is 26.2 Å². The molecule has 1 aromatic rings. The minimum absolute atomic E-state index is 0.0585. The zero-order chi connectivity index (χ0) is 11.4. The number of H-pyrrole nitrogens is 1. The summed E-state index contributed by atoms with van der Waals surface area (Å²) < 4.78 is 0. The third kappa shape index (κ3) is 2.61. The van der Waals surface area contributed by atoms with Gasteiger partial charge in [0.25, 0.3) is 0 Å². The Hall–Kier alpha value is -1.36. The van der Waals surface area contributed by atoms with Crippen LogP contribution in [0.1, 0.15) is 30.5 Å². The summed E-state index contributed by atoms with van der Waals surface area (Å²) in [7, 11) is 0. The van der Waals surface area contributed by atoms with Gasteiger partial charge in [0.2, 0.25) is 5.91 Å². The zero-order valence-corrected chi connectivity index (χ0v) is 9.55. The van der Waals surface area contributed by atoms with Crippen molar-refractivity contribution >= 4 is 5.91 Å². The summed E-state index contributed by atoms with van der Waals surface area (Å²) in [5.41, 5.74) is 2.18. The van der Waals surface area contributed by atoms with Crippen LogP contribution in [0.4, 0.5) is 0 Å². The van der Waals surface area contributed by atoms with Crippen molar-refractivity contribution in [3.63, 3.8) is 0 Å². The molecule has 1 atom stereocenters. The van der Waals surface area contributed by atoms with Crippen molar-refractivity contribution in [2.24, 2.45) is 0 Å². The Kier molecular flexibility index (Phi) is 3.56. The lowest BCUT2D eigenvalue weighted by molar-refractivity contribution is -0.122. The number of rotatable bonds is 3. The number of aryl methyl sites for hydroxylation is 1. The van der Waals surface area contributed by atoms with E-state index in [9.17, 15) is 4.79 Å². The van der Waals surface area contributed by atoms with E-state index in [1.807, 2.05) is 6.92 Å². The number of carbonyl (C=O) groups excluding carboxylic acids is 1. The number of carbonyl (C=O) groups is 1. The summed E-state index contributed by atoms with van der Waals surface area (Å²) >= 11 is 0. The second-order valence-corrected chi connectivity index (χ2v) is 4.24. The summed E-state index contributed by atoms with van der Waals surface area (Å²) in [4.78, 5) is 11.7. The lowest BCUT2D eigenvalue weighted by atomic mass is 10.1. The predicted octanol–water partition coefficient (Wildman–Crippen LogP) is 0.476. The average molecular weight is 222 g/mol. The van der Waals surface area contributed by atoms with E-state index in [-0.39, 0.29) is 11.9 Å². The molecule has 0 spiro atoms. The highest BCUT2D eigenvalue weighted by molar-refractivity contribution is 5.81. The fourth-order valence-electron chi connectivity index (χ4n) is 1.92. The van der Waals surface area contributed by atoms with Crippen LogP contribution in [0.5, 0.6) is 0 Å². The number of aromatic nitrogens is 2. The molecule has 0 unspecified atom stereocenters. The van der Waals surface area contributed by atoms with Crippen molar-refractivity contribution in [1.29, 1.82) is 0 Å². The van der Waals surface area contributed by atoms with E-state index < -0.39 is 0 Å². The van der Waals surface area contributed by atoms with E-state index in [1.54, 1.807) is 6.20 Å². The van der Waals surface area contributed by atoms with Crippen LogP contribution in [0.2, 0.25) is 0 Å². The quantitative estimate of drug-likeness (QED) is 0.696. The number of nitrogens with one attached hydrogen (secondary N) is 3. The van der Waals surface area contributed by atoms with Gasteiger partial charge in [-0.2, -0.15) is 5.10 Å². The van der Waals surface area contributed by atoms with Crippen LogP contribution in [-0.2, 0) is 11.3 Å². The zero-order valence-electron chi connectivity index (χ0n) is 9.55. The van der Waals surface area contributed by atoms with Gasteiger partial charge < -0.3 is 10.6 Å². The molecule has 88 valence electrons. The molecule has 1 amide bonds. The Balaban J connectivity index is 1.89. The van der Waals surface area contributed by atoms with Crippen molar-refractivity contribution in [2.45, 2.75) is 38.8 Å². The first-order valence-electron chi connectivity index (χ1n) is 5.77. The van der Waals surface area contributed by atoms with E-state index in [4.69, 9.17) is 0 Å². The van der Waals surface area contributed by atoms with Gasteiger partial charge in [-0.25, -0.2) is 0 Å². The first-order chi connectivity index (χ1) is 7.77. The largest absolute Gasteiger partial charge is 0.355 e. The third-order valence-electron chi connectivity index (χ3n) is 3.01. The predicted molar refractivity (Wildman–Crippen MR) is 60.8 cm³/mol. The summed E-state index contributed by atoms with van der Waals surface area (Å²) in [6, 6.07) is -0.0585. The Morgan fingerprint density at radius 3 is 3.19 bits per heavy atom. The highest BCUT2D eigenvalue weighted by Gasteiger charge is 2.19. The normalized spacial score (nSPS) is 21.6. The molecule has 1 saturated heterocycles. The lowest BCUT2D eigenvalue weighted by Gasteiger charge is -2.14. The van der Waals surface area contributed by atoms with E-state index in [0.29, 0.717) is 6.54 Å². The summed E-state index contributed by atoms with van der Waals surface area (Å²) in [6.07, 6.45) is 4.90. The van der Waals surface area contributed by atoms with Crippen molar-refractivity contribution in [1.82, 2.24) is 20.8 Å². The van der Waals surface area contributed by atoms with Gasteiger partial charge in [0.1, 0.15) is 0 Å². The molecule has 1 fully saturated rings. The lowest BCUT2D eigenvalue weighted by Crippen LogP contribution is -2.42. The second-order valence-electron chi connectivity index (χ2n) is 4.24. The Bertz CT molecular complexity index is 361. The number of hydrogen-bond donors (Lipinski definition) is 3. The first-order valence-corrected chi connectivity index (χ1v) is 5.77. The molecule has 1 aliphatic heterocycles. The monoisotopic (exact) mass is 222 g/mol. The second kappa shape index (κ2) is 5.12. The first kappa shape index (κ1) is 11.1. The fraction of sp³-hybridized carbons (Fsp3) is 0.636. The van der Waals surface area contributed by atoms with Gasteiger partial charge >= 0.3 is 0 Å². The highest BCUT2D eigenvalue weighted by atomic mass is 16.2. The number of hydrogen-bond acceptors (Lipinski definition) is 3. The summed E-state index contributed by atoms with van der Waals surface area (Å²) in [5, 5.41) is 13.0. The molecular weight excluding hydrogens is 204 g/mol. The van der Waals surface area contributed by atoms with E-state index >= 15 is 0 Å². The minimum Gasteiger partial charge on any atom is -0.355 e. The fourth-order valence-corrected chi connectivity index (χ4v) is 1.92. The molecular formula is C11H18N4O. The van der Waals surface area contributed by atoms with Crippen molar-refractivity contribution in [3.8, 4) is 0 Å². The molecule has 3 N–H and O–H groups in total. The Morgan fingerprint density at radius 1 is 1.56 bits per heavy atom. The molecule has 0 bridgehead atoms. The van der Waals surface area contributed by atoms with Crippen LogP contribution >= 0.6 is 0 Å². The molecule has 0 aliphatic carbocycles. The van der Waals surface area contributed by atoms with Gasteiger partial charge in [0, 0.05) is 24.3 Å². The van der Waals surface area contributed by atoms with Crippen LogP contribution in [0, 0.1) is 6.92 Å². The van der Waals surface area contributed by atoms with Crippen LogP contribution in [0.15, 0.2) is 6.20 Å². The van der Waals surface area contributed by atoms with Gasteiger partial charge in [0.15, 0.2) is 0 Å². The van der Waals surface area contributed by atoms with Crippen molar-refractivity contribution in [2.75, 3.05) is 6.54 Å². The molecule has 1 aliphatic rings. The molecule has 1 aromatic heterocycles. The maximum absolute atomic E-state index is 11.7. The Morgan fingerprint density at radius 2 is 2.44 bits per heavy atom. The molecule has 0 aromatic carbocycles. The smallest absolute Gasteiger partial charge is 0.237 e. The standard InChI is InChI=1S/C11H18N4O/c1-8-9(7-14-15-8)6-13-10-4-2-3-5-12-11(10)16/h7,10,13H,2-6H2,1H3,(H,12,16)(H,14,15)/t10-/m1/s1. The van der Waals surface area contributed by atoms with Gasteiger partial charge in [-0.15, -0.1) is 0 Å². The summed E-state index contributed by atoms with van der Waals surface area (Å²) in [6.45, 7) is 3.49. The number of aromatic amines is 1. The van der Waals surface area contributed by atoms with Crippen LogP contribution in [0.25, 0.3) is 0 Å². The average Bonchev–Trinajstić information content (AvgIpc) is 2.56. The van der Waals surface area contributed by atoms with Gasteiger partial charge in [0.05, 0.1) is 12.2 Å². The third-order valence-corrected chi connectivity index (χ3v) is 3.01. The van der Waals surface area contributed by atoms with Gasteiger partial charge in [-0.1, -0.05) is 0 Å². The Labute approximate surface area is 95.0 Å². The number of nitrogens with zero attached hydrogens (tertiary/aromatic N) is 1. The van der Waals surface area contributed by atoms with E-state index in [0.717, 1.165) is 37.1 Å². The molecule has 0 radical (unpaired) electrons. The molecule has 5 heteroatoms. The maximum atomic E-state index is 11.7. The van der Waals surface area contributed by atoms with Gasteiger partial charge in [-0.3, -0.25) is 9.89 Å².